The highest BCUT2D eigenvalue weighted by Gasteiger charge is 2.38. The number of methoxy groups -OCH3 is 1. The van der Waals surface area contributed by atoms with Crippen LogP contribution < -0.4 is 5.73 Å². The van der Waals surface area contributed by atoms with Crippen molar-refractivity contribution in [1.29, 1.82) is 0 Å². The summed E-state index contributed by atoms with van der Waals surface area (Å²) in [6, 6.07) is -0.282. The maximum atomic E-state index is 12.1. The molecular weight excluding hydrogens is 231 g/mol. The van der Waals surface area contributed by atoms with Crippen LogP contribution in [0.15, 0.2) is 0 Å². The van der Waals surface area contributed by atoms with Crippen LogP contribution in [0.25, 0.3) is 0 Å². The standard InChI is InChI=1S/C12H22F3NO/c1-17-11(7-3-2-4-8-11)10(16)6-5-9-12(13,14)15/h10H,2-9,16H2,1H3. The third kappa shape index (κ3) is 4.47. The molecule has 0 spiro atoms. The van der Waals surface area contributed by atoms with Gasteiger partial charge in [-0.1, -0.05) is 19.3 Å². The van der Waals surface area contributed by atoms with Crippen molar-refractivity contribution in [3.8, 4) is 0 Å². The Kier molecular flexibility index (Phi) is 5.25. The van der Waals surface area contributed by atoms with Crippen molar-refractivity contribution in [3.05, 3.63) is 0 Å². The van der Waals surface area contributed by atoms with Crippen molar-refractivity contribution in [1.82, 2.24) is 0 Å². The summed E-state index contributed by atoms with van der Waals surface area (Å²) >= 11 is 0. The minimum absolute atomic E-state index is 0.0930. The van der Waals surface area contributed by atoms with Gasteiger partial charge in [0.15, 0.2) is 0 Å². The summed E-state index contributed by atoms with van der Waals surface area (Å²) in [5.74, 6) is 0. The summed E-state index contributed by atoms with van der Waals surface area (Å²) < 4.78 is 41.7. The van der Waals surface area contributed by atoms with E-state index in [1.54, 1.807) is 7.11 Å². The van der Waals surface area contributed by atoms with E-state index in [4.69, 9.17) is 10.5 Å². The van der Waals surface area contributed by atoms with Crippen LogP contribution in [-0.2, 0) is 4.74 Å². The van der Waals surface area contributed by atoms with Gasteiger partial charge in [0.05, 0.1) is 5.60 Å². The molecule has 0 heterocycles. The second-order valence-corrected chi connectivity index (χ2v) is 4.94. The van der Waals surface area contributed by atoms with Crippen LogP contribution in [0, 0.1) is 0 Å². The van der Waals surface area contributed by atoms with Gasteiger partial charge in [-0.05, 0) is 25.7 Å². The highest BCUT2D eigenvalue weighted by molar-refractivity contribution is 4.93. The first kappa shape index (κ1) is 14.8. The predicted octanol–water partition coefficient (Wildman–Crippen LogP) is 3.40. The van der Waals surface area contributed by atoms with Crippen LogP contribution in [-0.4, -0.2) is 24.9 Å². The molecule has 2 nitrogen and oxygen atoms in total. The zero-order chi connectivity index (χ0) is 12.9. The van der Waals surface area contributed by atoms with Crippen molar-refractivity contribution in [2.45, 2.75) is 69.2 Å². The van der Waals surface area contributed by atoms with E-state index in [1.807, 2.05) is 0 Å². The Hall–Kier alpha value is -0.290. The van der Waals surface area contributed by atoms with Crippen molar-refractivity contribution in [2.24, 2.45) is 5.73 Å². The molecule has 5 heteroatoms. The molecule has 0 aromatic heterocycles. The lowest BCUT2D eigenvalue weighted by atomic mass is 9.78. The largest absolute Gasteiger partial charge is 0.389 e. The fourth-order valence-electron chi connectivity index (χ4n) is 2.66. The molecule has 1 fully saturated rings. The molecule has 1 atom stereocenters. The van der Waals surface area contributed by atoms with E-state index >= 15 is 0 Å². The third-order valence-corrected chi connectivity index (χ3v) is 3.76. The molecule has 0 radical (unpaired) electrons. The minimum atomic E-state index is -4.08. The third-order valence-electron chi connectivity index (χ3n) is 3.76. The van der Waals surface area contributed by atoms with Crippen LogP contribution in [0.1, 0.15) is 51.4 Å². The van der Waals surface area contributed by atoms with Gasteiger partial charge < -0.3 is 10.5 Å². The Morgan fingerprint density at radius 2 is 1.82 bits per heavy atom. The molecule has 1 aliphatic rings. The molecule has 0 aliphatic heterocycles. The van der Waals surface area contributed by atoms with Gasteiger partial charge in [0.1, 0.15) is 0 Å². The zero-order valence-corrected chi connectivity index (χ0v) is 10.4. The van der Waals surface area contributed by atoms with Gasteiger partial charge in [0, 0.05) is 19.6 Å². The normalized spacial score (nSPS) is 22.4. The summed E-state index contributed by atoms with van der Waals surface area (Å²) in [5.41, 5.74) is 5.65. The molecule has 1 unspecified atom stereocenters. The van der Waals surface area contributed by atoms with Crippen LogP contribution in [0.2, 0.25) is 0 Å². The summed E-state index contributed by atoms with van der Waals surface area (Å²) in [5, 5.41) is 0. The van der Waals surface area contributed by atoms with Gasteiger partial charge in [0.2, 0.25) is 0 Å². The van der Waals surface area contributed by atoms with Gasteiger partial charge in [-0.2, -0.15) is 13.2 Å². The van der Waals surface area contributed by atoms with E-state index in [0.717, 1.165) is 25.7 Å². The maximum absolute atomic E-state index is 12.1. The monoisotopic (exact) mass is 253 g/mol. The Balaban J connectivity index is 2.41. The maximum Gasteiger partial charge on any atom is 0.389 e. The van der Waals surface area contributed by atoms with E-state index in [-0.39, 0.29) is 18.1 Å². The number of alkyl halides is 3. The number of nitrogens with two attached hydrogens (primary N) is 1. The van der Waals surface area contributed by atoms with Crippen molar-refractivity contribution >= 4 is 0 Å². The lowest BCUT2D eigenvalue weighted by Gasteiger charge is -2.41. The number of ether oxygens (including phenoxy) is 1. The average Bonchev–Trinajstić information content (AvgIpc) is 2.28. The van der Waals surface area contributed by atoms with E-state index in [0.29, 0.717) is 6.42 Å². The fourth-order valence-corrected chi connectivity index (χ4v) is 2.66. The smallest absolute Gasteiger partial charge is 0.377 e. The molecule has 1 aliphatic carbocycles. The van der Waals surface area contributed by atoms with Gasteiger partial charge in [-0.25, -0.2) is 0 Å². The highest BCUT2D eigenvalue weighted by atomic mass is 19.4. The SMILES string of the molecule is COC1(C(N)CCCC(F)(F)F)CCCCC1. The van der Waals surface area contributed by atoms with Gasteiger partial charge >= 0.3 is 6.18 Å². The van der Waals surface area contributed by atoms with E-state index in [9.17, 15) is 13.2 Å². The first-order chi connectivity index (χ1) is 7.90. The van der Waals surface area contributed by atoms with Crippen molar-refractivity contribution < 1.29 is 17.9 Å². The second-order valence-electron chi connectivity index (χ2n) is 4.94. The van der Waals surface area contributed by atoms with E-state index in [2.05, 4.69) is 0 Å². The average molecular weight is 253 g/mol. The molecule has 0 saturated heterocycles. The zero-order valence-electron chi connectivity index (χ0n) is 10.4. The molecule has 2 N–H and O–H groups in total. The molecule has 0 aromatic rings. The summed E-state index contributed by atoms with van der Waals surface area (Å²) in [6.07, 6.45) is 0.672. The lowest BCUT2D eigenvalue weighted by molar-refractivity contribution is -0.137. The Morgan fingerprint density at radius 1 is 1.24 bits per heavy atom. The molecule has 0 amide bonds. The lowest BCUT2D eigenvalue weighted by Crippen LogP contribution is -2.50. The van der Waals surface area contributed by atoms with Crippen LogP contribution >= 0.6 is 0 Å². The molecule has 0 aromatic carbocycles. The summed E-state index contributed by atoms with van der Waals surface area (Å²) in [7, 11) is 1.62. The molecule has 1 saturated carbocycles. The molecule has 0 bridgehead atoms. The Labute approximate surface area is 101 Å². The number of hydrogen-bond acceptors (Lipinski definition) is 2. The Bertz CT molecular complexity index is 224. The van der Waals surface area contributed by atoms with Crippen molar-refractivity contribution in [2.75, 3.05) is 7.11 Å². The second kappa shape index (κ2) is 6.05. The fraction of sp³-hybridized carbons (Fsp3) is 1.00. The van der Waals surface area contributed by atoms with Gasteiger partial charge in [0.25, 0.3) is 0 Å². The predicted molar refractivity (Wildman–Crippen MR) is 60.7 cm³/mol. The van der Waals surface area contributed by atoms with E-state index < -0.39 is 12.6 Å². The number of hydrogen-bond donors (Lipinski definition) is 1. The van der Waals surface area contributed by atoms with Gasteiger partial charge in [-0.3, -0.25) is 0 Å². The minimum Gasteiger partial charge on any atom is -0.377 e. The highest BCUT2D eigenvalue weighted by Crippen LogP contribution is 2.35. The van der Waals surface area contributed by atoms with Crippen molar-refractivity contribution in [3.63, 3.8) is 0 Å². The summed E-state index contributed by atoms with van der Waals surface area (Å²) in [6.45, 7) is 0. The first-order valence-corrected chi connectivity index (χ1v) is 6.27. The topological polar surface area (TPSA) is 35.2 Å². The molecular formula is C12H22F3NO. The van der Waals surface area contributed by atoms with Crippen LogP contribution in [0.3, 0.4) is 0 Å². The van der Waals surface area contributed by atoms with Crippen LogP contribution in [0.5, 0.6) is 0 Å². The molecule has 17 heavy (non-hydrogen) atoms. The van der Waals surface area contributed by atoms with Crippen LogP contribution in [0.4, 0.5) is 13.2 Å². The Morgan fingerprint density at radius 3 is 2.29 bits per heavy atom. The first-order valence-electron chi connectivity index (χ1n) is 6.27. The molecule has 1 rings (SSSR count). The summed E-state index contributed by atoms with van der Waals surface area (Å²) in [4.78, 5) is 0. The quantitative estimate of drug-likeness (QED) is 0.815. The number of rotatable bonds is 5. The van der Waals surface area contributed by atoms with E-state index in [1.165, 1.54) is 6.42 Å². The van der Waals surface area contributed by atoms with Gasteiger partial charge in [-0.15, -0.1) is 0 Å². The molecule has 102 valence electrons. The number of halogens is 3.